The van der Waals surface area contributed by atoms with E-state index in [1.165, 1.54) is 12.8 Å². The number of sulfone groups is 1. The van der Waals surface area contributed by atoms with E-state index >= 15 is 0 Å². The summed E-state index contributed by atoms with van der Waals surface area (Å²) in [6.07, 6.45) is 6.52. The molecule has 4 heterocycles. The molecule has 1 amide bonds. The molecule has 37 heavy (non-hydrogen) atoms. The van der Waals surface area contributed by atoms with Gasteiger partial charge in [0.15, 0.2) is 15.7 Å². The number of rotatable bonds is 6. The van der Waals surface area contributed by atoms with Crippen LogP contribution in [0.2, 0.25) is 0 Å². The van der Waals surface area contributed by atoms with Crippen molar-refractivity contribution in [3.05, 3.63) is 59.5 Å². The average molecular weight is 526 g/mol. The fourth-order valence-corrected chi connectivity index (χ4v) is 7.31. The van der Waals surface area contributed by atoms with Gasteiger partial charge in [0.25, 0.3) is 0 Å². The second-order valence-corrected chi connectivity index (χ2v) is 12.0. The van der Waals surface area contributed by atoms with Gasteiger partial charge >= 0.3 is 11.8 Å². The lowest BCUT2D eigenvalue weighted by molar-refractivity contribution is 0.0715. The van der Waals surface area contributed by atoms with E-state index < -0.39 is 15.6 Å². The van der Waals surface area contributed by atoms with E-state index in [0.29, 0.717) is 30.0 Å². The number of anilines is 1. The molecule has 2 aromatic heterocycles. The van der Waals surface area contributed by atoms with Gasteiger partial charge in [0, 0.05) is 44.3 Å². The van der Waals surface area contributed by atoms with Crippen LogP contribution in [0.1, 0.15) is 46.9 Å². The summed E-state index contributed by atoms with van der Waals surface area (Å²) in [7, 11) is -2.22. The van der Waals surface area contributed by atoms with Crippen molar-refractivity contribution in [1.29, 1.82) is 0 Å². The molecule has 2 aliphatic rings. The lowest BCUT2D eigenvalue weighted by atomic mass is 9.77. The van der Waals surface area contributed by atoms with Crippen LogP contribution >= 0.6 is 0 Å². The Kier molecular flexibility index (Phi) is 6.65. The summed E-state index contributed by atoms with van der Waals surface area (Å²) >= 11 is 0. The van der Waals surface area contributed by atoms with E-state index in [1.54, 1.807) is 43.3 Å². The second-order valence-electron chi connectivity index (χ2n) is 10.0. The number of ether oxygens (including phenoxy) is 1. The highest BCUT2D eigenvalue weighted by atomic mass is 32.2. The van der Waals surface area contributed by atoms with Crippen LogP contribution in [0.4, 0.5) is 5.69 Å². The molecule has 5 rings (SSSR count). The van der Waals surface area contributed by atoms with Gasteiger partial charge in [0.1, 0.15) is 11.5 Å². The van der Waals surface area contributed by atoms with E-state index in [0.717, 1.165) is 32.4 Å². The summed E-state index contributed by atoms with van der Waals surface area (Å²) < 4.78 is 36.7. The Morgan fingerprint density at radius 3 is 2.38 bits per heavy atom. The van der Waals surface area contributed by atoms with Gasteiger partial charge < -0.3 is 19.1 Å². The predicted molar refractivity (Wildman–Crippen MR) is 136 cm³/mol. The molecule has 0 bridgehead atoms. The number of likely N-dealkylation sites (tertiary alicyclic amines) is 1. The maximum absolute atomic E-state index is 13.1. The van der Waals surface area contributed by atoms with E-state index in [2.05, 4.69) is 20.0 Å². The van der Waals surface area contributed by atoms with Crippen molar-refractivity contribution in [3.8, 4) is 5.75 Å². The number of hydrogen-bond acceptors (Lipinski definition) is 9. The highest BCUT2D eigenvalue weighted by molar-refractivity contribution is 7.90. The van der Waals surface area contributed by atoms with Gasteiger partial charge in [-0.05, 0) is 73.9 Å². The summed E-state index contributed by atoms with van der Waals surface area (Å²) in [5.74, 6) is -0.404. The molecule has 3 aromatic rings. The van der Waals surface area contributed by atoms with Gasteiger partial charge in [-0.1, -0.05) is 5.16 Å². The van der Waals surface area contributed by atoms with Crippen LogP contribution in [0.5, 0.6) is 5.75 Å². The maximum Gasteiger partial charge on any atom is 0.316 e. The summed E-state index contributed by atoms with van der Waals surface area (Å²) in [6, 6.07) is 7.39. The average Bonchev–Trinajstić information content (AvgIpc) is 3.51. The molecule has 196 valence electrons. The van der Waals surface area contributed by atoms with Gasteiger partial charge in [-0.15, -0.1) is 0 Å². The summed E-state index contributed by atoms with van der Waals surface area (Å²) in [4.78, 5) is 25.7. The lowest BCUT2D eigenvalue weighted by Gasteiger charge is -2.40. The van der Waals surface area contributed by atoms with Crippen molar-refractivity contribution in [3.63, 3.8) is 0 Å². The minimum absolute atomic E-state index is 0.0301. The van der Waals surface area contributed by atoms with Crippen molar-refractivity contribution in [2.75, 3.05) is 38.2 Å². The van der Waals surface area contributed by atoms with Crippen molar-refractivity contribution in [2.45, 2.75) is 43.8 Å². The molecular formula is C26H31N5O5S. The zero-order chi connectivity index (χ0) is 26.2. The number of amides is 1. The number of aryl methyl sites for hydroxylation is 2. The van der Waals surface area contributed by atoms with E-state index in [9.17, 15) is 13.2 Å². The highest BCUT2D eigenvalue weighted by Gasteiger charge is 2.43. The zero-order valence-electron chi connectivity index (χ0n) is 21.3. The number of hydrogen-bond donors (Lipinski definition) is 0. The third-order valence-corrected chi connectivity index (χ3v) is 9.43. The molecule has 0 unspecified atom stereocenters. The number of carbonyl (C=O) groups is 1. The minimum atomic E-state index is -3.76. The van der Waals surface area contributed by atoms with Gasteiger partial charge in [0.2, 0.25) is 0 Å². The third kappa shape index (κ3) is 5.04. The molecule has 0 saturated carbocycles. The van der Waals surface area contributed by atoms with E-state index in [-0.39, 0.29) is 27.9 Å². The SMILES string of the molecule is COc1cc(C)c(S(=O)(=O)Cc2noc(C(=O)N3CCC4(CCN(c5ccncc5)CC4)C3)n2)c(C)c1. The highest BCUT2D eigenvalue weighted by Crippen LogP contribution is 2.41. The van der Waals surface area contributed by atoms with Crippen LogP contribution in [0.25, 0.3) is 0 Å². The van der Waals surface area contributed by atoms with Gasteiger partial charge in [-0.2, -0.15) is 4.98 Å². The van der Waals surface area contributed by atoms with Gasteiger partial charge in [0.05, 0.1) is 12.0 Å². The summed E-state index contributed by atoms with van der Waals surface area (Å²) in [6.45, 7) is 6.55. The zero-order valence-corrected chi connectivity index (χ0v) is 22.1. The first-order valence-electron chi connectivity index (χ1n) is 12.3. The lowest BCUT2D eigenvalue weighted by Crippen LogP contribution is -2.42. The second kappa shape index (κ2) is 9.77. The standard InChI is InChI=1S/C26H31N5O5S/c1-18-14-21(35-3)15-19(2)23(18)37(33,34)16-22-28-24(36-29-22)25(32)31-13-8-26(17-31)6-11-30(12-7-26)20-4-9-27-10-5-20/h4-5,9-10,14-15H,6-8,11-13,16-17H2,1-3H3. The number of benzene rings is 1. The molecule has 0 aliphatic carbocycles. The van der Waals surface area contributed by atoms with Crippen LogP contribution in [-0.2, 0) is 15.6 Å². The molecule has 0 atom stereocenters. The number of methoxy groups -OCH3 is 1. The first-order valence-corrected chi connectivity index (χ1v) is 14.0. The van der Waals surface area contributed by atoms with Crippen molar-refractivity contribution >= 4 is 21.4 Å². The monoisotopic (exact) mass is 525 g/mol. The van der Waals surface area contributed by atoms with Crippen molar-refractivity contribution in [2.24, 2.45) is 5.41 Å². The molecule has 0 radical (unpaired) electrons. The first-order chi connectivity index (χ1) is 17.7. The van der Waals surface area contributed by atoms with Gasteiger partial charge in [-0.3, -0.25) is 9.78 Å². The van der Waals surface area contributed by atoms with Crippen LogP contribution in [0.3, 0.4) is 0 Å². The molecular weight excluding hydrogens is 494 g/mol. The number of aromatic nitrogens is 3. The fraction of sp³-hybridized carbons (Fsp3) is 0.462. The molecule has 1 spiro atoms. The number of carbonyl (C=O) groups excluding carboxylic acids is 1. The fourth-order valence-electron chi connectivity index (χ4n) is 5.61. The predicted octanol–water partition coefficient (Wildman–Crippen LogP) is 3.20. The Morgan fingerprint density at radius 1 is 1.08 bits per heavy atom. The Balaban J connectivity index is 1.23. The number of pyridine rings is 1. The normalized spacial score (nSPS) is 17.4. The number of nitrogens with zero attached hydrogens (tertiary/aromatic N) is 5. The molecule has 0 N–H and O–H groups in total. The number of piperidine rings is 1. The minimum Gasteiger partial charge on any atom is -0.497 e. The van der Waals surface area contributed by atoms with Gasteiger partial charge in [-0.25, -0.2) is 8.42 Å². The Hall–Kier alpha value is -3.47. The van der Waals surface area contributed by atoms with Crippen LogP contribution in [-0.4, -0.2) is 67.6 Å². The largest absolute Gasteiger partial charge is 0.497 e. The van der Waals surface area contributed by atoms with Crippen molar-refractivity contribution < 1.29 is 22.5 Å². The Morgan fingerprint density at radius 2 is 1.73 bits per heavy atom. The maximum atomic E-state index is 13.1. The molecule has 2 aliphatic heterocycles. The molecule has 1 aromatic carbocycles. The summed E-state index contributed by atoms with van der Waals surface area (Å²) in [5.41, 5.74) is 2.40. The van der Waals surface area contributed by atoms with E-state index in [1.807, 2.05) is 12.1 Å². The molecule has 2 fully saturated rings. The molecule has 2 saturated heterocycles. The van der Waals surface area contributed by atoms with Crippen LogP contribution in [0.15, 0.2) is 46.1 Å². The topological polar surface area (TPSA) is 119 Å². The Labute approximate surface area is 216 Å². The first kappa shape index (κ1) is 25.2. The van der Waals surface area contributed by atoms with E-state index in [4.69, 9.17) is 9.26 Å². The molecule has 10 nitrogen and oxygen atoms in total. The van der Waals surface area contributed by atoms with Crippen LogP contribution in [0, 0.1) is 19.3 Å². The van der Waals surface area contributed by atoms with Crippen LogP contribution < -0.4 is 9.64 Å². The van der Waals surface area contributed by atoms with Crippen molar-refractivity contribution in [1.82, 2.24) is 20.0 Å². The quantitative estimate of drug-likeness (QED) is 0.478. The summed E-state index contributed by atoms with van der Waals surface area (Å²) in [5, 5.41) is 3.81. The smallest absolute Gasteiger partial charge is 0.316 e. The molecule has 11 heteroatoms. The third-order valence-electron chi connectivity index (χ3n) is 7.53. The Bertz CT molecular complexity index is 1370.